The maximum absolute atomic E-state index is 11.7. The van der Waals surface area contributed by atoms with E-state index in [0.717, 1.165) is 30.5 Å². The van der Waals surface area contributed by atoms with Gasteiger partial charge in [0, 0.05) is 0 Å². The van der Waals surface area contributed by atoms with Gasteiger partial charge in [-0.15, -0.1) is 0 Å². The molecule has 1 aliphatic carbocycles. The Balaban J connectivity index is 2.23. The first-order chi connectivity index (χ1) is 7.13. The summed E-state index contributed by atoms with van der Waals surface area (Å²) in [5.41, 5.74) is 1.77. The van der Waals surface area contributed by atoms with Crippen LogP contribution in [-0.2, 0) is 16.4 Å². The molecule has 0 saturated heterocycles. The summed E-state index contributed by atoms with van der Waals surface area (Å²) in [6.07, 6.45) is 2.43. The molecule has 0 aliphatic heterocycles. The fourth-order valence-electron chi connectivity index (χ4n) is 1.54. The Kier molecular flexibility index (Phi) is 2.69. The Morgan fingerprint density at radius 2 is 2.00 bits per heavy atom. The fraction of sp³-hybridized carbons (Fsp3) is 0.455. The zero-order valence-corrected chi connectivity index (χ0v) is 9.55. The summed E-state index contributed by atoms with van der Waals surface area (Å²) >= 11 is 0. The molecule has 0 amide bonds. The van der Waals surface area contributed by atoms with Crippen molar-refractivity contribution in [1.82, 2.24) is 0 Å². The summed E-state index contributed by atoms with van der Waals surface area (Å²) in [4.78, 5) is 0. The number of para-hydroxylation sites is 1. The molecule has 3 nitrogen and oxygen atoms in total. The Labute approximate surface area is 90.6 Å². The first-order valence-corrected chi connectivity index (χ1v) is 6.77. The molecule has 0 heterocycles. The summed E-state index contributed by atoms with van der Waals surface area (Å²) in [6.45, 7) is 2.02. The zero-order chi connectivity index (χ0) is 10.9. The van der Waals surface area contributed by atoms with Crippen LogP contribution in [0.5, 0.6) is 0 Å². The van der Waals surface area contributed by atoms with E-state index in [9.17, 15) is 8.42 Å². The van der Waals surface area contributed by atoms with Gasteiger partial charge in [0.1, 0.15) is 0 Å². The Morgan fingerprint density at radius 3 is 2.60 bits per heavy atom. The molecule has 1 aliphatic rings. The molecule has 0 unspecified atom stereocenters. The van der Waals surface area contributed by atoms with Gasteiger partial charge in [0.25, 0.3) is 0 Å². The minimum atomic E-state index is -3.12. The first kappa shape index (κ1) is 10.5. The number of nitrogens with one attached hydrogen (secondary N) is 1. The van der Waals surface area contributed by atoms with Crippen LogP contribution in [0.3, 0.4) is 0 Å². The molecule has 0 radical (unpaired) electrons. The fourth-order valence-corrected chi connectivity index (χ4v) is 2.97. The Morgan fingerprint density at radius 1 is 1.33 bits per heavy atom. The van der Waals surface area contributed by atoms with Crippen molar-refractivity contribution in [3.63, 3.8) is 0 Å². The van der Waals surface area contributed by atoms with E-state index in [0.29, 0.717) is 0 Å². The van der Waals surface area contributed by atoms with Gasteiger partial charge in [0.2, 0.25) is 10.0 Å². The molecule has 0 spiro atoms. The second-order valence-corrected chi connectivity index (χ2v) is 5.82. The maximum Gasteiger partial charge on any atom is 0.235 e. The second-order valence-electron chi connectivity index (χ2n) is 3.86. The molecule has 15 heavy (non-hydrogen) atoms. The highest BCUT2D eigenvalue weighted by Crippen LogP contribution is 2.30. The van der Waals surface area contributed by atoms with E-state index in [1.165, 1.54) is 0 Å². The maximum atomic E-state index is 11.7. The molecule has 1 aromatic carbocycles. The number of anilines is 1. The van der Waals surface area contributed by atoms with Gasteiger partial charge in [-0.25, -0.2) is 8.42 Å². The van der Waals surface area contributed by atoms with Crippen molar-refractivity contribution in [3.05, 3.63) is 29.8 Å². The lowest BCUT2D eigenvalue weighted by Gasteiger charge is -2.10. The standard InChI is InChI=1S/C11H15NO2S/c1-2-9-5-3-4-6-11(9)12-15(13,14)10-7-8-10/h3-6,10,12H,2,7-8H2,1H3. The van der Waals surface area contributed by atoms with Crippen LogP contribution in [0, 0.1) is 0 Å². The van der Waals surface area contributed by atoms with Crippen molar-refractivity contribution in [1.29, 1.82) is 0 Å². The highest BCUT2D eigenvalue weighted by Gasteiger charge is 2.35. The molecular weight excluding hydrogens is 210 g/mol. The summed E-state index contributed by atoms with van der Waals surface area (Å²) < 4.78 is 26.1. The largest absolute Gasteiger partial charge is 0.283 e. The summed E-state index contributed by atoms with van der Waals surface area (Å²) in [7, 11) is -3.12. The normalized spacial score (nSPS) is 16.3. The highest BCUT2D eigenvalue weighted by atomic mass is 32.2. The van der Waals surface area contributed by atoms with E-state index in [1.807, 2.05) is 31.2 Å². The molecule has 82 valence electrons. The molecule has 1 N–H and O–H groups in total. The monoisotopic (exact) mass is 225 g/mol. The molecule has 0 bridgehead atoms. The van der Waals surface area contributed by atoms with Crippen molar-refractivity contribution < 1.29 is 8.42 Å². The third-order valence-electron chi connectivity index (χ3n) is 2.61. The molecule has 0 aromatic heterocycles. The Hall–Kier alpha value is -1.03. The van der Waals surface area contributed by atoms with E-state index in [2.05, 4.69) is 4.72 Å². The molecule has 1 saturated carbocycles. The van der Waals surface area contributed by atoms with Gasteiger partial charge in [0.05, 0.1) is 10.9 Å². The van der Waals surface area contributed by atoms with Gasteiger partial charge in [-0.05, 0) is 30.9 Å². The number of sulfonamides is 1. The highest BCUT2D eigenvalue weighted by molar-refractivity contribution is 7.93. The lowest BCUT2D eigenvalue weighted by Crippen LogP contribution is -2.18. The number of hydrogen-bond donors (Lipinski definition) is 1. The quantitative estimate of drug-likeness (QED) is 0.853. The summed E-state index contributed by atoms with van der Waals surface area (Å²) in [6, 6.07) is 7.54. The van der Waals surface area contributed by atoms with Crippen molar-refractivity contribution >= 4 is 15.7 Å². The van der Waals surface area contributed by atoms with Crippen molar-refractivity contribution in [2.45, 2.75) is 31.4 Å². The predicted molar refractivity (Wildman–Crippen MR) is 61.4 cm³/mol. The molecule has 1 fully saturated rings. The topological polar surface area (TPSA) is 46.2 Å². The van der Waals surface area contributed by atoms with Crippen LogP contribution >= 0.6 is 0 Å². The van der Waals surface area contributed by atoms with E-state index < -0.39 is 10.0 Å². The lowest BCUT2D eigenvalue weighted by molar-refractivity contribution is 0.600. The van der Waals surface area contributed by atoms with E-state index in [4.69, 9.17) is 0 Å². The van der Waals surface area contributed by atoms with Crippen LogP contribution < -0.4 is 4.72 Å². The molecule has 1 aromatic rings. The number of hydrogen-bond acceptors (Lipinski definition) is 2. The Bertz CT molecular complexity index is 449. The third kappa shape index (κ3) is 2.31. The summed E-state index contributed by atoms with van der Waals surface area (Å²) in [5, 5.41) is -0.164. The second kappa shape index (κ2) is 3.85. The van der Waals surface area contributed by atoms with Crippen LogP contribution in [0.15, 0.2) is 24.3 Å². The first-order valence-electron chi connectivity index (χ1n) is 5.23. The smallest absolute Gasteiger partial charge is 0.235 e. The number of rotatable bonds is 4. The van der Waals surface area contributed by atoms with Crippen molar-refractivity contribution in [2.75, 3.05) is 4.72 Å². The van der Waals surface area contributed by atoms with Crippen LogP contribution in [0.1, 0.15) is 25.3 Å². The SMILES string of the molecule is CCc1ccccc1NS(=O)(=O)C1CC1. The van der Waals surface area contributed by atoms with Gasteiger partial charge < -0.3 is 0 Å². The average molecular weight is 225 g/mol. The van der Waals surface area contributed by atoms with Crippen LogP contribution in [-0.4, -0.2) is 13.7 Å². The number of benzene rings is 1. The van der Waals surface area contributed by atoms with Crippen LogP contribution in [0.2, 0.25) is 0 Å². The van der Waals surface area contributed by atoms with Gasteiger partial charge in [-0.2, -0.15) is 0 Å². The van der Waals surface area contributed by atoms with Crippen LogP contribution in [0.25, 0.3) is 0 Å². The predicted octanol–water partition coefficient (Wildman–Crippen LogP) is 2.15. The van der Waals surface area contributed by atoms with Crippen molar-refractivity contribution in [2.24, 2.45) is 0 Å². The lowest BCUT2D eigenvalue weighted by atomic mass is 10.1. The zero-order valence-electron chi connectivity index (χ0n) is 8.73. The number of aryl methyl sites for hydroxylation is 1. The third-order valence-corrected chi connectivity index (χ3v) is 4.47. The molecule has 4 heteroatoms. The van der Waals surface area contributed by atoms with E-state index >= 15 is 0 Å². The van der Waals surface area contributed by atoms with E-state index in [-0.39, 0.29) is 5.25 Å². The minimum Gasteiger partial charge on any atom is -0.283 e. The van der Waals surface area contributed by atoms with E-state index in [1.54, 1.807) is 0 Å². The molecular formula is C11H15NO2S. The van der Waals surface area contributed by atoms with Gasteiger partial charge >= 0.3 is 0 Å². The molecule has 0 atom stereocenters. The van der Waals surface area contributed by atoms with Gasteiger partial charge in [-0.3, -0.25) is 4.72 Å². The van der Waals surface area contributed by atoms with Gasteiger partial charge in [-0.1, -0.05) is 25.1 Å². The molecule has 2 rings (SSSR count). The average Bonchev–Trinajstić information content (AvgIpc) is 3.01. The van der Waals surface area contributed by atoms with Gasteiger partial charge in [0.15, 0.2) is 0 Å². The minimum absolute atomic E-state index is 0.164. The van der Waals surface area contributed by atoms with Crippen LogP contribution in [0.4, 0.5) is 5.69 Å². The summed E-state index contributed by atoms with van der Waals surface area (Å²) in [5.74, 6) is 0. The van der Waals surface area contributed by atoms with Crippen molar-refractivity contribution in [3.8, 4) is 0 Å².